The molecule has 0 amide bonds. The fraction of sp³-hybridized carbons (Fsp3) is 0.0385. The zero-order chi connectivity index (χ0) is 20.2. The fourth-order valence-corrected chi connectivity index (χ4v) is 3.41. The molecule has 1 heterocycles. The van der Waals surface area contributed by atoms with Gasteiger partial charge in [-0.3, -0.25) is 0 Å². The molecule has 0 bridgehead atoms. The van der Waals surface area contributed by atoms with Crippen LogP contribution in [0.15, 0.2) is 97.6 Å². The quantitative estimate of drug-likeness (QED) is 0.335. The molecule has 0 aliphatic carbocycles. The minimum atomic E-state index is -0.294. The van der Waals surface area contributed by atoms with Gasteiger partial charge in [-0.25, -0.2) is 13.8 Å². The van der Waals surface area contributed by atoms with Crippen LogP contribution in [0.25, 0.3) is 33.6 Å². The predicted molar refractivity (Wildman–Crippen MR) is 114 cm³/mol. The van der Waals surface area contributed by atoms with Crippen molar-refractivity contribution in [2.45, 2.75) is 6.42 Å². The summed E-state index contributed by atoms with van der Waals surface area (Å²) in [4.78, 5) is 4.88. The van der Waals surface area contributed by atoms with Crippen LogP contribution in [0.1, 0.15) is 5.56 Å². The smallest absolute Gasteiger partial charge is 0.123 e. The number of nitrogens with zero attached hydrogens (tertiary/aromatic N) is 1. The van der Waals surface area contributed by atoms with Gasteiger partial charge in [-0.15, -0.1) is 6.58 Å². The largest absolute Gasteiger partial charge is 0.247 e. The average Bonchev–Trinajstić information content (AvgIpc) is 2.76. The summed E-state index contributed by atoms with van der Waals surface area (Å²) in [6, 6.07) is 24.7. The van der Waals surface area contributed by atoms with Crippen molar-refractivity contribution in [1.82, 2.24) is 4.98 Å². The van der Waals surface area contributed by atoms with Crippen molar-refractivity contribution in [3.05, 3.63) is 115 Å². The summed E-state index contributed by atoms with van der Waals surface area (Å²) in [5, 5.41) is 0. The Morgan fingerprint density at radius 2 is 1.31 bits per heavy atom. The van der Waals surface area contributed by atoms with Crippen LogP contribution >= 0.6 is 0 Å². The summed E-state index contributed by atoms with van der Waals surface area (Å²) < 4.78 is 26.9. The molecule has 0 N–H and O–H groups in total. The Bertz CT molecular complexity index is 1130. The van der Waals surface area contributed by atoms with Gasteiger partial charge in [-0.2, -0.15) is 0 Å². The van der Waals surface area contributed by atoms with Crippen molar-refractivity contribution >= 4 is 0 Å². The molecule has 0 spiro atoms. The van der Waals surface area contributed by atoms with E-state index in [0.717, 1.165) is 39.2 Å². The van der Waals surface area contributed by atoms with E-state index in [1.54, 1.807) is 24.3 Å². The highest BCUT2D eigenvalue weighted by molar-refractivity contribution is 5.81. The second kappa shape index (κ2) is 8.19. The van der Waals surface area contributed by atoms with E-state index in [1.807, 2.05) is 42.5 Å². The molecule has 0 radical (unpaired) electrons. The van der Waals surface area contributed by atoms with Crippen molar-refractivity contribution in [3.63, 3.8) is 0 Å². The lowest BCUT2D eigenvalue weighted by Gasteiger charge is -2.16. The lowest BCUT2D eigenvalue weighted by atomic mass is 9.92. The number of aromatic nitrogens is 1. The van der Waals surface area contributed by atoms with E-state index in [9.17, 15) is 8.78 Å². The molecule has 1 aromatic heterocycles. The van der Waals surface area contributed by atoms with Gasteiger partial charge in [0.1, 0.15) is 11.6 Å². The van der Waals surface area contributed by atoms with Crippen LogP contribution in [-0.4, -0.2) is 4.98 Å². The molecule has 1 nitrogen and oxygen atoms in total. The summed E-state index contributed by atoms with van der Waals surface area (Å²) >= 11 is 0. The van der Waals surface area contributed by atoms with Gasteiger partial charge >= 0.3 is 0 Å². The zero-order valence-corrected chi connectivity index (χ0v) is 15.8. The molecular formula is C26H19F2N. The molecule has 0 aliphatic rings. The molecule has 0 saturated carbocycles. The van der Waals surface area contributed by atoms with Gasteiger partial charge in [0.25, 0.3) is 0 Å². The number of pyridine rings is 1. The van der Waals surface area contributed by atoms with E-state index in [1.165, 1.54) is 24.3 Å². The summed E-state index contributed by atoms with van der Waals surface area (Å²) in [6.07, 6.45) is 2.46. The molecule has 0 atom stereocenters. The Kier molecular flexibility index (Phi) is 5.30. The van der Waals surface area contributed by atoms with E-state index >= 15 is 0 Å². The number of halogens is 2. The Morgan fingerprint density at radius 3 is 1.90 bits per heavy atom. The SMILES string of the molecule is C=CCc1c(-c2ccccc2)cc(-c2ccc(F)cc2)nc1-c1ccc(F)cc1. The maximum absolute atomic E-state index is 13.5. The molecule has 3 heteroatoms. The van der Waals surface area contributed by atoms with Crippen molar-refractivity contribution in [1.29, 1.82) is 0 Å². The Labute approximate surface area is 169 Å². The molecule has 0 fully saturated rings. The van der Waals surface area contributed by atoms with Crippen LogP contribution in [0.4, 0.5) is 8.78 Å². The first-order valence-electron chi connectivity index (χ1n) is 9.38. The Hall–Kier alpha value is -3.59. The zero-order valence-electron chi connectivity index (χ0n) is 15.8. The minimum absolute atomic E-state index is 0.293. The first-order chi connectivity index (χ1) is 14.2. The van der Waals surface area contributed by atoms with Crippen LogP contribution in [-0.2, 0) is 6.42 Å². The van der Waals surface area contributed by atoms with Crippen LogP contribution in [0.5, 0.6) is 0 Å². The van der Waals surface area contributed by atoms with Crippen molar-refractivity contribution in [2.75, 3.05) is 0 Å². The fourth-order valence-electron chi connectivity index (χ4n) is 3.41. The monoisotopic (exact) mass is 383 g/mol. The van der Waals surface area contributed by atoms with Crippen LogP contribution < -0.4 is 0 Å². The first kappa shape index (κ1) is 18.8. The molecule has 4 aromatic rings. The first-order valence-corrected chi connectivity index (χ1v) is 9.38. The standard InChI is InChI=1S/C26H19F2N/c1-2-6-23-24(18-7-4-3-5-8-18)17-25(19-9-13-21(27)14-10-19)29-26(23)20-11-15-22(28)16-12-20/h2-5,7-17H,1,6H2. The molecular weight excluding hydrogens is 364 g/mol. The number of allylic oxidation sites excluding steroid dienone is 1. The summed E-state index contributed by atoms with van der Waals surface area (Å²) in [5.41, 5.74) is 6.24. The third-order valence-electron chi connectivity index (χ3n) is 4.82. The van der Waals surface area contributed by atoms with Gasteiger partial charge in [0.15, 0.2) is 0 Å². The second-order valence-electron chi connectivity index (χ2n) is 6.75. The topological polar surface area (TPSA) is 12.9 Å². The highest BCUT2D eigenvalue weighted by atomic mass is 19.1. The second-order valence-corrected chi connectivity index (χ2v) is 6.75. The maximum atomic E-state index is 13.5. The highest BCUT2D eigenvalue weighted by Crippen LogP contribution is 2.35. The van der Waals surface area contributed by atoms with Gasteiger partial charge in [-0.1, -0.05) is 36.4 Å². The van der Waals surface area contributed by atoms with E-state index in [2.05, 4.69) is 6.58 Å². The predicted octanol–water partition coefficient (Wildman–Crippen LogP) is 7.09. The van der Waals surface area contributed by atoms with Crippen molar-refractivity contribution in [3.8, 4) is 33.6 Å². The molecule has 3 aromatic carbocycles. The number of hydrogen-bond donors (Lipinski definition) is 0. The van der Waals surface area contributed by atoms with Crippen LogP contribution in [0.2, 0.25) is 0 Å². The molecule has 4 rings (SSSR count). The lowest BCUT2D eigenvalue weighted by molar-refractivity contribution is 0.627. The Morgan fingerprint density at radius 1 is 0.724 bits per heavy atom. The van der Waals surface area contributed by atoms with Gasteiger partial charge < -0.3 is 0 Å². The summed E-state index contributed by atoms with van der Waals surface area (Å²) in [5.74, 6) is -0.587. The third kappa shape index (κ3) is 3.99. The third-order valence-corrected chi connectivity index (χ3v) is 4.82. The van der Waals surface area contributed by atoms with Crippen molar-refractivity contribution in [2.24, 2.45) is 0 Å². The maximum Gasteiger partial charge on any atom is 0.123 e. The average molecular weight is 383 g/mol. The molecule has 0 aliphatic heterocycles. The van der Waals surface area contributed by atoms with E-state index < -0.39 is 0 Å². The minimum Gasteiger partial charge on any atom is -0.247 e. The number of benzene rings is 3. The number of rotatable bonds is 5. The van der Waals surface area contributed by atoms with Gasteiger partial charge in [0, 0.05) is 11.1 Å². The summed E-state index contributed by atoms with van der Waals surface area (Å²) in [6.45, 7) is 3.90. The number of hydrogen-bond acceptors (Lipinski definition) is 1. The molecule has 29 heavy (non-hydrogen) atoms. The van der Waals surface area contributed by atoms with Crippen molar-refractivity contribution < 1.29 is 8.78 Å². The van der Waals surface area contributed by atoms with Gasteiger partial charge in [0.2, 0.25) is 0 Å². The van der Waals surface area contributed by atoms with E-state index in [4.69, 9.17) is 4.98 Å². The molecule has 0 saturated heterocycles. The molecule has 0 unspecified atom stereocenters. The molecule has 142 valence electrons. The summed E-state index contributed by atoms with van der Waals surface area (Å²) in [7, 11) is 0. The van der Waals surface area contributed by atoms with Gasteiger partial charge in [0.05, 0.1) is 11.4 Å². The lowest BCUT2D eigenvalue weighted by Crippen LogP contribution is -1.99. The van der Waals surface area contributed by atoms with E-state index in [0.29, 0.717) is 6.42 Å². The highest BCUT2D eigenvalue weighted by Gasteiger charge is 2.16. The Balaban J connectivity index is 2.01. The van der Waals surface area contributed by atoms with E-state index in [-0.39, 0.29) is 11.6 Å². The normalized spacial score (nSPS) is 10.7. The van der Waals surface area contributed by atoms with Crippen LogP contribution in [0, 0.1) is 11.6 Å². The van der Waals surface area contributed by atoms with Gasteiger partial charge in [-0.05, 0) is 77.7 Å². The van der Waals surface area contributed by atoms with Crippen LogP contribution in [0.3, 0.4) is 0 Å².